The lowest BCUT2D eigenvalue weighted by atomic mass is 9.85. The van der Waals surface area contributed by atoms with Gasteiger partial charge in [-0.15, -0.1) is 23.4 Å². The molecule has 5 rings (SSSR count). The van der Waals surface area contributed by atoms with Crippen LogP contribution in [-0.4, -0.2) is 92.3 Å². The zero-order valence-electron chi connectivity index (χ0n) is 24.3. The fourth-order valence-corrected chi connectivity index (χ4v) is 5.57. The maximum Gasteiger partial charge on any atom is 0.573 e. The Morgan fingerprint density at radius 2 is 1.73 bits per heavy atom. The number of rotatable bonds is 7. The van der Waals surface area contributed by atoms with Gasteiger partial charge in [0, 0.05) is 31.4 Å². The fourth-order valence-electron chi connectivity index (χ4n) is 5.57. The standard InChI is InChI=1S/C28H28F4N8O5/c1-15(2)21(33-23(41)19-14-18(8-9-20(19)29)45-28(30,31)32)24(42)39-12-10-27(11-13-39)25(43)38(3)26(44)40(27)17-6-4-16(5-7-17)22-34-36-37-35-22/h4-9,14-15,21H,10-13H2,1-3H3,(H,33,41)(H,34,35,36,37). The van der Waals surface area contributed by atoms with E-state index in [-0.39, 0.29) is 25.9 Å². The van der Waals surface area contributed by atoms with Gasteiger partial charge in [-0.05, 0) is 66.4 Å². The quantitative estimate of drug-likeness (QED) is 0.298. The number of H-pyrrole nitrogens is 1. The van der Waals surface area contributed by atoms with Crippen molar-refractivity contribution in [1.82, 2.24) is 35.7 Å². The normalized spacial score (nSPS) is 17.3. The molecular formula is C28H28F4N8O5. The van der Waals surface area contributed by atoms with E-state index in [1.165, 1.54) is 16.8 Å². The number of hydrogen-bond donors (Lipinski definition) is 2. The Hall–Kier alpha value is -5.09. The molecule has 2 aliphatic heterocycles. The van der Waals surface area contributed by atoms with Gasteiger partial charge >= 0.3 is 12.4 Å². The first-order chi connectivity index (χ1) is 21.2. The summed E-state index contributed by atoms with van der Waals surface area (Å²) in [6.07, 6.45) is -4.88. The van der Waals surface area contributed by atoms with Crippen molar-refractivity contribution < 1.29 is 41.5 Å². The predicted octanol–water partition coefficient (Wildman–Crippen LogP) is 3.12. The molecule has 2 N–H and O–H groups in total. The Bertz CT molecular complexity index is 1610. The highest BCUT2D eigenvalue weighted by atomic mass is 19.4. The number of imide groups is 1. The molecule has 3 heterocycles. The fraction of sp³-hybridized carbons (Fsp3) is 0.393. The molecule has 5 amide bonds. The average molecular weight is 633 g/mol. The maximum absolute atomic E-state index is 14.4. The van der Waals surface area contributed by atoms with E-state index in [9.17, 15) is 36.7 Å². The molecule has 2 fully saturated rings. The van der Waals surface area contributed by atoms with E-state index >= 15 is 0 Å². The van der Waals surface area contributed by atoms with Crippen LogP contribution in [-0.2, 0) is 9.59 Å². The van der Waals surface area contributed by atoms with Gasteiger partial charge in [-0.2, -0.15) is 5.21 Å². The molecule has 45 heavy (non-hydrogen) atoms. The first kappa shape index (κ1) is 31.3. The van der Waals surface area contributed by atoms with Crippen molar-refractivity contribution in [3.8, 4) is 17.1 Å². The summed E-state index contributed by atoms with van der Waals surface area (Å²) < 4.78 is 56.2. The van der Waals surface area contributed by atoms with Gasteiger partial charge in [0.25, 0.3) is 11.8 Å². The van der Waals surface area contributed by atoms with Crippen molar-refractivity contribution >= 4 is 29.4 Å². The molecule has 1 atom stereocenters. The highest BCUT2D eigenvalue weighted by molar-refractivity contribution is 6.16. The number of alkyl halides is 3. The van der Waals surface area contributed by atoms with E-state index in [1.54, 1.807) is 38.1 Å². The molecule has 1 spiro atoms. The Morgan fingerprint density at radius 3 is 2.31 bits per heavy atom. The lowest BCUT2D eigenvalue weighted by Crippen LogP contribution is -2.60. The van der Waals surface area contributed by atoms with Gasteiger partial charge in [0.15, 0.2) is 0 Å². The molecular weight excluding hydrogens is 604 g/mol. The number of likely N-dealkylation sites (N-methyl/N-ethyl adjacent to an activating group) is 1. The van der Waals surface area contributed by atoms with Crippen molar-refractivity contribution in [3.63, 3.8) is 0 Å². The molecule has 0 saturated carbocycles. The molecule has 17 heteroatoms. The summed E-state index contributed by atoms with van der Waals surface area (Å²) in [6, 6.07) is 6.99. The number of piperidine rings is 1. The van der Waals surface area contributed by atoms with E-state index in [4.69, 9.17) is 0 Å². The van der Waals surface area contributed by atoms with Crippen LogP contribution in [0, 0.1) is 11.7 Å². The van der Waals surface area contributed by atoms with Crippen LogP contribution in [0.25, 0.3) is 11.4 Å². The number of anilines is 1. The van der Waals surface area contributed by atoms with Gasteiger partial charge in [-0.3, -0.25) is 24.2 Å². The van der Waals surface area contributed by atoms with Gasteiger partial charge in [0.1, 0.15) is 23.1 Å². The number of ether oxygens (including phenoxy) is 1. The van der Waals surface area contributed by atoms with Crippen LogP contribution < -0.4 is 15.0 Å². The first-order valence-corrected chi connectivity index (χ1v) is 13.8. The van der Waals surface area contributed by atoms with E-state index < -0.39 is 64.7 Å². The molecule has 0 radical (unpaired) electrons. The van der Waals surface area contributed by atoms with Crippen LogP contribution in [0.1, 0.15) is 37.0 Å². The van der Waals surface area contributed by atoms with Crippen molar-refractivity contribution in [1.29, 1.82) is 0 Å². The molecule has 0 bridgehead atoms. The van der Waals surface area contributed by atoms with Crippen LogP contribution >= 0.6 is 0 Å². The summed E-state index contributed by atoms with van der Waals surface area (Å²) >= 11 is 0. The third-order valence-electron chi connectivity index (χ3n) is 7.88. The van der Waals surface area contributed by atoms with Crippen LogP contribution in [0.2, 0.25) is 0 Å². The molecule has 2 aliphatic rings. The average Bonchev–Trinajstić information content (AvgIpc) is 3.59. The molecule has 0 aliphatic carbocycles. The first-order valence-electron chi connectivity index (χ1n) is 13.8. The molecule has 13 nitrogen and oxygen atoms in total. The van der Waals surface area contributed by atoms with E-state index in [0.717, 1.165) is 11.0 Å². The van der Waals surface area contributed by atoms with Gasteiger partial charge in [0.05, 0.1) is 5.56 Å². The number of nitrogens with one attached hydrogen (secondary N) is 2. The van der Waals surface area contributed by atoms with E-state index in [0.29, 0.717) is 29.2 Å². The number of aromatic nitrogens is 4. The number of benzene rings is 2. The number of likely N-dealkylation sites (tertiary alicyclic amines) is 1. The van der Waals surface area contributed by atoms with E-state index in [1.807, 2.05) is 0 Å². The summed E-state index contributed by atoms with van der Waals surface area (Å²) in [5.74, 6) is -4.10. The summed E-state index contributed by atoms with van der Waals surface area (Å²) in [6.45, 7) is 3.38. The topological polar surface area (TPSA) is 154 Å². The summed E-state index contributed by atoms with van der Waals surface area (Å²) in [7, 11) is 1.38. The molecule has 1 unspecified atom stereocenters. The minimum atomic E-state index is -5.05. The largest absolute Gasteiger partial charge is 0.573 e. The number of nitrogens with zero attached hydrogens (tertiary/aromatic N) is 6. The lowest BCUT2D eigenvalue weighted by molar-refractivity contribution is -0.274. The zero-order chi connectivity index (χ0) is 32.7. The molecule has 2 saturated heterocycles. The van der Waals surface area contributed by atoms with Crippen molar-refractivity contribution in [2.24, 2.45) is 5.92 Å². The summed E-state index contributed by atoms with van der Waals surface area (Å²) in [5.41, 5.74) is -0.910. The van der Waals surface area contributed by atoms with Crippen LogP contribution in [0.4, 0.5) is 28.0 Å². The SMILES string of the molecule is CC(C)C(NC(=O)c1cc(OC(F)(F)F)ccc1F)C(=O)N1CCC2(CC1)C(=O)N(C)C(=O)N2c1ccc(-c2nn[nH]n2)cc1. The monoisotopic (exact) mass is 632 g/mol. The Labute approximate surface area is 253 Å². The Morgan fingerprint density at radius 1 is 1.07 bits per heavy atom. The summed E-state index contributed by atoms with van der Waals surface area (Å²) in [5, 5.41) is 16.2. The van der Waals surface area contributed by atoms with Crippen LogP contribution in [0.3, 0.4) is 0 Å². The number of amides is 5. The number of halogens is 4. The molecule has 1 aromatic heterocycles. The van der Waals surface area contributed by atoms with Crippen molar-refractivity contribution in [2.45, 2.75) is 44.6 Å². The third-order valence-corrected chi connectivity index (χ3v) is 7.88. The van der Waals surface area contributed by atoms with E-state index in [2.05, 4.69) is 30.7 Å². The minimum absolute atomic E-state index is 0.0471. The molecule has 3 aromatic rings. The van der Waals surface area contributed by atoms with Crippen molar-refractivity contribution in [3.05, 3.63) is 53.8 Å². The second-order valence-electron chi connectivity index (χ2n) is 11.0. The van der Waals surface area contributed by atoms with Gasteiger partial charge < -0.3 is 15.0 Å². The van der Waals surface area contributed by atoms with Crippen LogP contribution in [0.15, 0.2) is 42.5 Å². The Kier molecular flexibility index (Phi) is 8.20. The number of aromatic amines is 1. The summed E-state index contributed by atoms with van der Waals surface area (Å²) in [4.78, 5) is 57.1. The van der Waals surface area contributed by atoms with Gasteiger partial charge in [-0.1, -0.05) is 13.8 Å². The molecule has 2 aromatic carbocycles. The maximum atomic E-state index is 14.4. The number of hydrogen-bond acceptors (Lipinski definition) is 8. The van der Waals surface area contributed by atoms with Crippen LogP contribution in [0.5, 0.6) is 5.75 Å². The second-order valence-corrected chi connectivity index (χ2v) is 11.0. The minimum Gasteiger partial charge on any atom is -0.406 e. The zero-order valence-corrected chi connectivity index (χ0v) is 24.3. The smallest absolute Gasteiger partial charge is 0.406 e. The number of carbonyl (C=O) groups is 4. The highest BCUT2D eigenvalue weighted by Gasteiger charge is 2.58. The highest BCUT2D eigenvalue weighted by Crippen LogP contribution is 2.40. The predicted molar refractivity (Wildman–Crippen MR) is 148 cm³/mol. The number of tetrazole rings is 1. The number of urea groups is 1. The third kappa shape index (κ3) is 6.01. The van der Waals surface area contributed by atoms with Gasteiger partial charge in [0.2, 0.25) is 11.7 Å². The number of carbonyl (C=O) groups excluding carboxylic acids is 4. The second kappa shape index (κ2) is 11.8. The lowest BCUT2D eigenvalue weighted by Gasteiger charge is -2.43. The Balaban J connectivity index is 1.32. The van der Waals surface area contributed by atoms with Gasteiger partial charge in [-0.25, -0.2) is 9.18 Å². The molecule has 238 valence electrons. The van der Waals surface area contributed by atoms with Crippen molar-refractivity contribution in [2.75, 3.05) is 25.0 Å².